The predicted molar refractivity (Wildman–Crippen MR) is 58.3 cm³/mol. The summed E-state index contributed by atoms with van der Waals surface area (Å²) in [4.78, 5) is 15.6. The van der Waals surface area contributed by atoms with E-state index in [1.54, 1.807) is 6.92 Å². The van der Waals surface area contributed by atoms with Gasteiger partial charge in [-0.15, -0.1) is 0 Å². The first-order valence-electron chi connectivity index (χ1n) is 5.38. The van der Waals surface area contributed by atoms with Crippen LogP contribution >= 0.6 is 0 Å². The molecule has 0 saturated carbocycles. The second-order valence-electron chi connectivity index (χ2n) is 3.93. The molecule has 0 aliphatic rings. The fourth-order valence-electron chi connectivity index (χ4n) is 1.26. The van der Waals surface area contributed by atoms with Crippen molar-refractivity contribution in [3.63, 3.8) is 0 Å². The van der Waals surface area contributed by atoms with Gasteiger partial charge in [-0.25, -0.2) is 0 Å². The number of nitrogens with two attached hydrogens (primary N) is 1. The second-order valence-corrected chi connectivity index (χ2v) is 3.93. The molecule has 0 aliphatic carbocycles. The van der Waals surface area contributed by atoms with Crippen molar-refractivity contribution in [2.75, 3.05) is 0 Å². The molecule has 90 valence electrons. The molecule has 3 unspecified atom stereocenters. The predicted octanol–water partition coefficient (Wildman–Crippen LogP) is 0.620. The van der Waals surface area contributed by atoms with Gasteiger partial charge < -0.3 is 15.6 Å². The summed E-state index contributed by atoms with van der Waals surface area (Å²) in [5.74, 6) is 0.411. The normalized spacial score (nSPS) is 16.5. The van der Waals surface area contributed by atoms with E-state index in [1.165, 1.54) is 6.39 Å². The Morgan fingerprint density at radius 3 is 2.81 bits per heavy atom. The Hall–Kier alpha value is -1.43. The Morgan fingerprint density at radius 2 is 2.31 bits per heavy atom. The standard InChI is InChI=1S/C10H18N4O2/c1-4-6(2)8(11)10(15)13-7(3)9-12-5-16-14-9/h5-8H,4,11H2,1-3H3,(H,13,15). The van der Waals surface area contributed by atoms with Crippen LogP contribution in [0, 0.1) is 5.92 Å². The molecule has 6 nitrogen and oxygen atoms in total. The highest BCUT2D eigenvalue weighted by Gasteiger charge is 2.22. The molecule has 0 fully saturated rings. The molecule has 6 heteroatoms. The van der Waals surface area contributed by atoms with Crippen molar-refractivity contribution in [1.82, 2.24) is 15.5 Å². The molecule has 1 aromatic rings. The zero-order valence-electron chi connectivity index (χ0n) is 9.80. The molecule has 0 saturated heterocycles. The van der Waals surface area contributed by atoms with Crippen LogP contribution in [-0.2, 0) is 4.79 Å². The number of hydrogen-bond acceptors (Lipinski definition) is 5. The third-order valence-corrected chi connectivity index (χ3v) is 2.68. The first kappa shape index (κ1) is 12.6. The molecule has 3 N–H and O–H groups in total. The van der Waals surface area contributed by atoms with Crippen LogP contribution < -0.4 is 11.1 Å². The number of aromatic nitrogens is 2. The smallest absolute Gasteiger partial charge is 0.237 e. The van der Waals surface area contributed by atoms with Crippen LogP contribution in [0.4, 0.5) is 0 Å². The lowest BCUT2D eigenvalue weighted by Gasteiger charge is -2.19. The summed E-state index contributed by atoms with van der Waals surface area (Å²) in [6, 6.07) is -0.791. The van der Waals surface area contributed by atoms with Gasteiger partial charge >= 0.3 is 0 Å². The average Bonchev–Trinajstić information content (AvgIpc) is 2.80. The largest absolute Gasteiger partial charge is 0.345 e. The van der Waals surface area contributed by atoms with Gasteiger partial charge in [0, 0.05) is 0 Å². The number of nitrogens with zero attached hydrogens (tertiary/aromatic N) is 2. The fourth-order valence-corrected chi connectivity index (χ4v) is 1.26. The topological polar surface area (TPSA) is 94.0 Å². The molecule has 1 heterocycles. The molecule has 0 spiro atoms. The summed E-state index contributed by atoms with van der Waals surface area (Å²) in [7, 11) is 0. The third kappa shape index (κ3) is 3.03. The van der Waals surface area contributed by atoms with E-state index in [0.717, 1.165) is 6.42 Å². The first-order chi connectivity index (χ1) is 7.56. The Balaban J connectivity index is 2.51. The zero-order valence-corrected chi connectivity index (χ0v) is 9.80. The molecular formula is C10H18N4O2. The zero-order chi connectivity index (χ0) is 12.1. The van der Waals surface area contributed by atoms with Gasteiger partial charge in [0.25, 0.3) is 0 Å². The van der Waals surface area contributed by atoms with Crippen LogP contribution in [0.2, 0.25) is 0 Å². The summed E-state index contributed by atoms with van der Waals surface area (Å²) < 4.78 is 4.60. The summed E-state index contributed by atoms with van der Waals surface area (Å²) in [6.45, 7) is 5.73. The summed E-state index contributed by atoms with van der Waals surface area (Å²) >= 11 is 0. The molecule has 0 bridgehead atoms. The van der Waals surface area contributed by atoms with E-state index in [9.17, 15) is 4.79 Å². The van der Waals surface area contributed by atoms with Gasteiger partial charge in [-0.2, -0.15) is 4.98 Å². The molecule has 1 aromatic heterocycles. The van der Waals surface area contributed by atoms with E-state index in [0.29, 0.717) is 5.82 Å². The van der Waals surface area contributed by atoms with Gasteiger partial charge in [-0.05, 0) is 12.8 Å². The van der Waals surface area contributed by atoms with Gasteiger partial charge in [0.2, 0.25) is 12.3 Å². The van der Waals surface area contributed by atoms with Gasteiger partial charge in [0.15, 0.2) is 5.82 Å². The summed E-state index contributed by atoms with van der Waals surface area (Å²) in [5.41, 5.74) is 5.80. The molecule has 3 atom stereocenters. The third-order valence-electron chi connectivity index (χ3n) is 2.68. The quantitative estimate of drug-likeness (QED) is 0.767. The Kier molecular flexibility index (Phi) is 4.42. The van der Waals surface area contributed by atoms with E-state index < -0.39 is 6.04 Å². The summed E-state index contributed by atoms with van der Waals surface area (Å²) in [5, 5.41) is 6.40. The molecule has 0 aromatic carbocycles. The maximum absolute atomic E-state index is 11.7. The number of carbonyl (C=O) groups is 1. The van der Waals surface area contributed by atoms with Crippen molar-refractivity contribution in [3.8, 4) is 0 Å². The molecule has 0 aliphatic heterocycles. The molecule has 1 rings (SSSR count). The van der Waals surface area contributed by atoms with Gasteiger partial charge in [-0.1, -0.05) is 25.4 Å². The van der Waals surface area contributed by atoms with Crippen molar-refractivity contribution in [1.29, 1.82) is 0 Å². The Bertz CT molecular complexity index is 326. The maximum Gasteiger partial charge on any atom is 0.237 e. The van der Waals surface area contributed by atoms with Gasteiger partial charge in [0.05, 0.1) is 12.1 Å². The van der Waals surface area contributed by atoms with Crippen LogP contribution in [0.3, 0.4) is 0 Å². The SMILES string of the molecule is CCC(C)C(N)C(=O)NC(C)c1ncon1. The number of rotatable bonds is 5. The summed E-state index contributed by atoms with van der Waals surface area (Å²) in [6.07, 6.45) is 2.10. The van der Waals surface area contributed by atoms with Crippen molar-refractivity contribution in [2.45, 2.75) is 39.3 Å². The van der Waals surface area contributed by atoms with Crippen LogP contribution in [0.5, 0.6) is 0 Å². The molecule has 1 amide bonds. The van der Waals surface area contributed by atoms with Crippen LogP contribution in [0.1, 0.15) is 39.1 Å². The molecule has 16 heavy (non-hydrogen) atoms. The van der Waals surface area contributed by atoms with Crippen LogP contribution in [-0.4, -0.2) is 22.1 Å². The fraction of sp³-hybridized carbons (Fsp3) is 0.700. The van der Waals surface area contributed by atoms with Crippen LogP contribution in [0.15, 0.2) is 10.9 Å². The van der Waals surface area contributed by atoms with Crippen molar-refractivity contribution < 1.29 is 9.32 Å². The minimum Gasteiger partial charge on any atom is -0.345 e. The lowest BCUT2D eigenvalue weighted by molar-refractivity contribution is -0.124. The Morgan fingerprint density at radius 1 is 1.62 bits per heavy atom. The van der Waals surface area contributed by atoms with Gasteiger partial charge in [-0.3, -0.25) is 4.79 Å². The number of amides is 1. The second kappa shape index (κ2) is 5.60. The lowest BCUT2D eigenvalue weighted by Crippen LogP contribution is -2.45. The minimum absolute atomic E-state index is 0.150. The maximum atomic E-state index is 11.7. The number of hydrogen-bond donors (Lipinski definition) is 2. The highest BCUT2D eigenvalue weighted by atomic mass is 16.5. The number of carbonyl (C=O) groups excluding carboxylic acids is 1. The highest BCUT2D eigenvalue weighted by molar-refractivity contribution is 5.82. The van der Waals surface area contributed by atoms with Gasteiger partial charge in [0.1, 0.15) is 0 Å². The van der Waals surface area contributed by atoms with E-state index in [-0.39, 0.29) is 17.9 Å². The highest BCUT2D eigenvalue weighted by Crippen LogP contribution is 2.09. The molecular weight excluding hydrogens is 208 g/mol. The average molecular weight is 226 g/mol. The minimum atomic E-state index is -0.501. The van der Waals surface area contributed by atoms with Crippen molar-refractivity contribution in [2.24, 2.45) is 11.7 Å². The monoisotopic (exact) mass is 226 g/mol. The lowest BCUT2D eigenvalue weighted by atomic mass is 9.99. The Labute approximate surface area is 94.6 Å². The van der Waals surface area contributed by atoms with E-state index in [2.05, 4.69) is 20.0 Å². The van der Waals surface area contributed by atoms with Crippen molar-refractivity contribution in [3.05, 3.63) is 12.2 Å². The van der Waals surface area contributed by atoms with E-state index in [1.807, 2.05) is 13.8 Å². The first-order valence-corrected chi connectivity index (χ1v) is 5.38. The van der Waals surface area contributed by atoms with E-state index in [4.69, 9.17) is 5.73 Å². The van der Waals surface area contributed by atoms with E-state index >= 15 is 0 Å². The number of nitrogens with one attached hydrogen (secondary N) is 1. The van der Waals surface area contributed by atoms with Crippen molar-refractivity contribution >= 4 is 5.91 Å². The molecule has 0 radical (unpaired) electrons. The van der Waals surface area contributed by atoms with Crippen LogP contribution in [0.25, 0.3) is 0 Å².